The van der Waals surface area contributed by atoms with Gasteiger partial charge in [-0.1, -0.05) is 13.8 Å². The van der Waals surface area contributed by atoms with Crippen molar-refractivity contribution in [3.8, 4) is 6.07 Å². The molecular formula is C10H16N2. The summed E-state index contributed by atoms with van der Waals surface area (Å²) in [5, 5.41) is 12.5. The number of nitrogens with zero attached hydrogens (tertiary/aromatic N) is 1. The van der Waals surface area contributed by atoms with Crippen LogP contribution >= 0.6 is 0 Å². The van der Waals surface area contributed by atoms with Crippen LogP contribution in [-0.2, 0) is 0 Å². The molecule has 2 heteroatoms. The van der Waals surface area contributed by atoms with E-state index in [9.17, 15) is 0 Å². The zero-order chi connectivity index (χ0) is 8.82. The molecule has 0 spiro atoms. The van der Waals surface area contributed by atoms with E-state index in [0.29, 0.717) is 11.6 Å². The fraction of sp³-hybridized carbons (Fsp3) is 0.900. The molecular weight excluding hydrogens is 148 g/mol. The molecule has 0 unspecified atom stereocenters. The lowest BCUT2D eigenvalue weighted by atomic mass is 9.66. The van der Waals surface area contributed by atoms with E-state index in [4.69, 9.17) is 5.26 Å². The van der Waals surface area contributed by atoms with Crippen LogP contribution in [0.3, 0.4) is 0 Å². The molecule has 0 atom stereocenters. The second-order valence-electron chi connectivity index (χ2n) is 4.83. The van der Waals surface area contributed by atoms with E-state index in [2.05, 4.69) is 25.2 Å². The number of hydrogen-bond acceptors (Lipinski definition) is 2. The van der Waals surface area contributed by atoms with Gasteiger partial charge in [-0.2, -0.15) is 5.26 Å². The second kappa shape index (κ2) is 2.23. The van der Waals surface area contributed by atoms with E-state index in [-0.39, 0.29) is 5.41 Å². The number of hydrogen-bond donors (Lipinski definition) is 1. The predicted molar refractivity (Wildman–Crippen MR) is 47.5 cm³/mol. The Morgan fingerprint density at radius 3 is 2.42 bits per heavy atom. The van der Waals surface area contributed by atoms with Crippen LogP contribution in [0.1, 0.15) is 39.5 Å². The van der Waals surface area contributed by atoms with Crippen molar-refractivity contribution in [1.82, 2.24) is 5.32 Å². The molecule has 0 aromatic carbocycles. The SMILES string of the molecule is CC(C)NC12CCC(C#N)(C1)C2. The Morgan fingerprint density at radius 1 is 1.33 bits per heavy atom. The normalized spacial score (nSPS) is 44.2. The monoisotopic (exact) mass is 164 g/mol. The zero-order valence-corrected chi connectivity index (χ0v) is 7.85. The van der Waals surface area contributed by atoms with Crippen molar-refractivity contribution in [1.29, 1.82) is 5.26 Å². The van der Waals surface area contributed by atoms with Crippen LogP contribution in [0.25, 0.3) is 0 Å². The van der Waals surface area contributed by atoms with Gasteiger partial charge in [0.25, 0.3) is 0 Å². The van der Waals surface area contributed by atoms with Crippen molar-refractivity contribution in [2.24, 2.45) is 5.41 Å². The van der Waals surface area contributed by atoms with Crippen LogP contribution in [0.5, 0.6) is 0 Å². The highest BCUT2D eigenvalue weighted by Gasteiger charge is 2.61. The van der Waals surface area contributed by atoms with Crippen LogP contribution in [0, 0.1) is 16.7 Å². The van der Waals surface area contributed by atoms with Gasteiger partial charge in [0.1, 0.15) is 0 Å². The molecule has 3 rings (SSSR count). The summed E-state index contributed by atoms with van der Waals surface area (Å²) in [5.74, 6) is 0. The van der Waals surface area contributed by atoms with Gasteiger partial charge in [-0.3, -0.25) is 0 Å². The van der Waals surface area contributed by atoms with Crippen LogP contribution in [-0.4, -0.2) is 11.6 Å². The lowest BCUT2D eigenvalue weighted by Gasteiger charge is -2.45. The molecule has 0 aliphatic heterocycles. The maximum Gasteiger partial charge on any atom is 0.0691 e. The second-order valence-corrected chi connectivity index (χ2v) is 4.83. The summed E-state index contributed by atoms with van der Waals surface area (Å²) in [4.78, 5) is 0. The van der Waals surface area contributed by atoms with Crippen LogP contribution in [0.2, 0.25) is 0 Å². The van der Waals surface area contributed by atoms with Crippen molar-refractivity contribution < 1.29 is 0 Å². The van der Waals surface area contributed by atoms with Crippen molar-refractivity contribution >= 4 is 0 Å². The number of nitriles is 1. The van der Waals surface area contributed by atoms with Gasteiger partial charge in [0, 0.05) is 11.6 Å². The van der Waals surface area contributed by atoms with Gasteiger partial charge >= 0.3 is 0 Å². The molecule has 0 saturated heterocycles. The Hall–Kier alpha value is -0.550. The maximum absolute atomic E-state index is 8.93. The van der Waals surface area contributed by atoms with Gasteiger partial charge in [-0.15, -0.1) is 0 Å². The molecule has 0 aromatic rings. The summed E-state index contributed by atoms with van der Waals surface area (Å²) in [6.45, 7) is 4.36. The quantitative estimate of drug-likeness (QED) is 0.675. The zero-order valence-electron chi connectivity index (χ0n) is 7.85. The summed E-state index contributed by atoms with van der Waals surface area (Å²) in [6.07, 6.45) is 4.51. The predicted octanol–water partition coefficient (Wildman–Crippen LogP) is 1.82. The van der Waals surface area contributed by atoms with Gasteiger partial charge < -0.3 is 5.32 Å². The van der Waals surface area contributed by atoms with E-state index in [1.165, 1.54) is 6.42 Å². The Labute approximate surface area is 74.0 Å². The first-order chi connectivity index (χ1) is 5.60. The van der Waals surface area contributed by atoms with Crippen molar-refractivity contribution in [2.45, 2.75) is 51.1 Å². The molecule has 3 fully saturated rings. The minimum Gasteiger partial charge on any atom is -0.309 e. The molecule has 3 saturated carbocycles. The first-order valence-corrected chi connectivity index (χ1v) is 4.79. The molecule has 12 heavy (non-hydrogen) atoms. The van der Waals surface area contributed by atoms with Gasteiger partial charge in [-0.25, -0.2) is 0 Å². The number of fused-ring (bicyclic) bond motifs is 1. The van der Waals surface area contributed by atoms with Gasteiger partial charge in [0.2, 0.25) is 0 Å². The molecule has 2 nitrogen and oxygen atoms in total. The molecule has 3 aliphatic carbocycles. The van der Waals surface area contributed by atoms with E-state index in [1.807, 2.05) is 0 Å². The third kappa shape index (κ3) is 0.964. The largest absolute Gasteiger partial charge is 0.309 e. The molecule has 2 bridgehead atoms. The summed E-state index contributed by atoms with van der Waals surface area (Å²) < 4.78 is 0. The summed E-state index contributed by atoms with van der Waals surface area (Å²) >= 11 is 0. The summed E-state index contributed by atoms with van der Waals surface area (Å²) in [5.41, 5.74) is 0.422. The Balaban J connectivity index is 2.01. The van der Waals surface area contributed by atoms with Gasteiger partial charge in [-0.05, 0) is 25.7 Å². The third-order valence-electron chi connectivity index (χ3n) is 3.27. The molecule has 0 amide bonds. The Bertz CT molecular complexity index is 231. The minimum atomic E-state index is 0.0713. The molecule has 0 heterocycles. The van der Waals surface area contributed by atoms with E-state index in [0.717, 1.165) is 19.3 Å². The lowest BCUT2D eigenvalue weighted by molar-refractivity contribution is 0.126. The van der Waals surface area contributed by atoms with Crippen LogP contribution in [0.15, 0.2) is 0 Å². The average molecular weight is 164 g/mol. The highest BCUT2D eigenvalue weighted by atomic mass is 15.0. The summed E-state index contributed by atoms with van der Waals surface area (Å²) in [7, 11) is 0. The fourth-order valence-corrected chi connectivity index (χ4v) is 3.00. The van der Waals surface area contributed by atoms with Crippen molar-refractivity contribution in [2.75, 3.05) is 0 Å². The highest BCUT2D eigenvalue weighted by Crippen LogP contribution is 2.61. The Morgan fingerprint density at radius 2 is 2.00 bits per heavy atom. The third-order valence-corrected chi connectivity index (χ3v) is 3.27. The number of nitrogens with one attached hydrogen (secondary N) is 1. The summed E-state index contributed by atoms with van der Waals surface area (Å²) in [6, 6.07) is 3.02. The molecule has 1 N–H and O–H groups in total. The average Bonchev–Trinajstić information content (AvgIpc) is 2.40. The Kier molecular flexibility index (Phi) is 1.50. The highest BCUT2D eigenvalue weighted by molar-refractivity contribution is 5.24. The van der Waals surface area contributed by atoms with E-state index >= 15 is 0 Å². The molecule has 0 aromatic heterocycles. The topological polar surface area (TPSA) is 35.8 Å². The standard InChI is InChI=1S/C10H16N2/c1-8(2)12-10-4-3-9(5-10,6-10)7-11/h8,12H,3-6H2,1-2H3. The lowest BCUT2D eigenvalue weighted by Crippen LogP contribution is -2.55. The first-order valence-electron chi connectivity index (χ1n) is 4.79. The van der Waals surface area contributed by atoms with Gasteiger partial charge in [0.05, 0.1) is 11.5 Å². The first kappa shape index (κ1) is 8.07. The maximum atomic E-state index is 8.93. The minimum absolute atomic E-state index is 0.0713. The number of rotatable bonds is 2. The van der Waals surface area contributed by atoms with E-state index < -0.39 is 0 Å². The smallest absolute Gasteiger partial charge is 0.0691 e. The van der Waals surface area contributed by atoms with Crippen LogP contribution < -0.4 is 5.32 Å². The van der Waals surface area contributed by atoms with Crippen LogP contribution in [0.4, 0.5) is 0 Å². The molecule has 3 aliphatic rings. The van der Waals surface area contributed by atoms with Gasteiger partial charge in [0.15, 0.2) is 0 Å². The van der Waals surface area contributed by atoms with Crippen molar-refractivity contribution in [3.05, 3.63) is 0 Å². The van der Waals surface area contributed by atoms with Crippen molar-refractivity contribution in [3.63, 3.8) is 0 Å². The fourth-order valence-electron chi connectivity index (χ4n) is 3.00. The molecule has 66 valence electrons. The molecule has 0 radical (unpaired) electrons. The van der Waals surface area contributed by atoms with E-state index in [1.54, 1.807) is 0 Å².